The first kappa shape index (κ1) is 8.13. The van der Waals surface area contributed by atoms with E-state index < -0.39 is 0 Å². The van der Waals surface area contributed by atoms with E-state index in [-0.39, 0.29) is 0 Å². The van der Waals surface area contributed by atoms with Gasteiger partial charge in [-0.25, -0.2) is 0 Å². The van der Waals surface area contributed by atoms with Crippen LogP contribution in [0.1, 0.15) is 0 Å². The predicted molar refractivity (Wildman–Crippen MR) is 58.1 cm³/mol. The standard InChI is InChI=1S/C8H6Br2N2/c9-6-1-4-3-12-8(11)5(4)2-7(6)10/h1-3,12H,11H2. The summed E-state index contributed by atoms with van der Waals surface area (Å²) in [6, 6.07) is 4.01. The Morgan fingerprint density at radius 3 is 2.58 bits per heavy atom. The minimum atomic E-state index is 0.707. The summed E-state index contributed by atoms with van der Waals surface area (Å²) < 4.78 is 2.05. The minimum absolute atomic E-state index is 0.707. The SMILES string of the molecule is Nc1[nH]cc2cc(Br)c(Br)cc12. The molecule has 0 unspecified atom stereocenters. The number of nitrogens with one attached hydrogen (secondary N) is 1. The molecule has 0 amide bonds. The van der Waals surface area contributed by atoms with Gasteiger partial charge >= 0.3 is 0 Å². The minimum Gasteiger partial charge on any atom is -0.385 e. The van der Waals surface area contributed by atoms with Crippen LogP contribution in [0.3, 0.4) is 0 Å². The second-order valence-electron chi connectivity index (χ2n) is 2.56. The van der Waals surface area contributed by atoms with Crippen LogP contribution in [0.15, 0.2) is 27.3 Å². The molecule has 2 nitrogen and oxygen atoms in total. The molecule has 2 rings (SSSR count). The molecule has 0 bridgehead atoms. The Morgan fingerprint density at radius 1 is 1.17 bits per heavy atom. The van der Waals surface area contributed by atoms with E-state index in [4.69, 9.17) is 5.73 Å². The van der Waals surface area contributed by atoms with Crippen molar-refractivity contribution in [2.75, 3.05) is 5.73 Å². The van der Waals surface area contributed by atoms with Gasteiger partial charge in [0.25, 0.3) is 0 Å². The van der Waals surface area contributed by atoms with Crippen molar-refractivity contribution in [1.29, 1.82) is 0 Å². The molecule has 0 saturated carbocycles. The highest BCUT2D eigenvalue weighted by atomic mass is 79.9. The third-order valence-electron chi connectivity index (χ3n) is 1.77. The van der Waals surface area contributed by atoms with Gasteiger partial charge in [0.1, 0.15) is 5.82 Å². The zero-order chi connectivity index (χ0) is 8.72. The number of nitrogen functional groups attached to an aromatic ring is 1. The summed E-state index contributed by atoms with van der Waals surface area (Å²) in [5, 5.41) is 2.16. The maximum atomic E-state index is 5.70. The second kappa shape index (κ2) is 2.78. The topological polar surface area (TPSA) is 41.8 Å². The van der Waals surface area contributed by atoms with E-state index in [0.29, 0.717) is 5.82 Å². The van der Waals surface area contributed by atoms with Crippen LogP contribution in [0.4, 0.5) is 5.82 Å². The highest BCUT2D eigenvalue weighted by molar-refractivity contribution is 9.13. The molecule has 3 N–H and O–H groups in total. The third-order valence-corrected chi connectivity index (χ3v) is 3.61. The number of H-pyrrole nitrogens is 1. The number of hydrogen-bond donors (Lipinski definition) is 2. The maximum absolute atomic E-state index is 5.70. The van der Waals surface area contributed by atoms with Crippen LogP contribution in [0.5, 0.6) is 0 Å². The first-order valence-corrected chi connectivity index (χ1v) is 4.98. The molecule has 0 aliphatic heterocycles. The van der Waals surface area contributed by atoms with Crippen molar-refractivity contribution in [1.82, 2.24) is 4.98 Å². The molecule has 1 heterocycles. The summed E-state index contributed by atoms with van der Waals surface area (Å²) >= 11 is 6.84. The zero-order valence-corrected chi connectivity index (χ0v) is 9.24. The van der Waals surface area contributed by atoms with E-state index in [9.17, 15) is 0 Å². The number of halogens is 2. The molecule has 12 heavy (non-hydrogen) atoms. The van der Waals surface area contributed by atoms with Crippen molar-refractivity contribution in [2.24, 2.45) is 0 Å². The fourth-order valence-electron chi connectivity index (χ4n) is 1.15. The number of fused-ring (bicyclic) bond motifs is 1. The number of anilines is 1. The monoisotopic (exact) mass is 288 g/mol. The molecule has 0 aliphatic rings. The fraction of sp³-hybridized carbons (Fsp3) is 0. The molecular weight excluding hydrogens is 284 g/mol. The van der Waals surface area contributed by atoms with Crippen molar-refractivity contribution in [3.63, 3.8) is 0 Å². The van der Waals surface area contributed by atoms with Crippen molar-refractivity contribution < 1.29 is 0 Å². The van der Waals surface area contributed by atoms with E-state index in [1.54, 1.807) is 0 Å². The molecule has 0 aliphatic carbocycles. The van der Waals surface area contributed by atoms with Gasteiger partial charge in [-0.1, -0.05) is 0 Å². The van der Waals surface area contributed by atoms with Gasteiger partial charge in [0, 0.05) is 25.9 Å². The summed E-state index contributed by atoms with van der Waals surface area (Å²) in [4.78, 5) is 2.97. The quantitative estimate of drug-likeness (QED) is 0.768. The Balaban J connectivity index is 2.87. The van der Waals surface area contributed by atoms with Gasteiger partial charge < -0.3 is 10.7 Å². The van der Waals surface area contributed by atoms with Gasteiger partial charge in [-0.05, 0) is 44.0 Å². The average Bonchev–Trinajstić information content (AvgIpc) is 2.35. The number of rotatable bonds is 0. The van der Waals surface area contributed by atoms with Crippen molar-refractivity contribution >= 4 is 48.5 Å². The van der Waals surface area contributed by atoms with Gasteiger partial charge in [-0.15, -0.1) is 0 Å². The van der Waals surface area contributed by atoms with Gasteiger partial charge in [-0.3, -0.25) is 0 Å². The Morgan fingerprint density at radius 2 is 1.83 bits per heavy atom. The van der Waals surface area contributed by atoms with E-state index in [1.165, 1.54) is 0 Å². The highest BCUT2D eigenvalue weighted by Gasteiger charge is 2.03. The summed E-state index contributed by atoms with van der Waals surface area (Å²) in [5.74, 6) is 0.707. The van der Waals surface area contributed by atoms with Crippen LogP contribution in [0.2, 0.25) is 0 Å². The lowest BCUT2D eigenvalue weighted by molar-refractivity contribution is 1.43. The Hall–Kier alpha value is -0.480. The summed E-state index contributed by atoms with van der Waals surface area (Å²) in [6.45, 7) is 0. The lowest BCUT2D eigenvalue weighted by atomic mass is 10.2. The predicted octanol–water partition coefficient (Wildman–Crippen LogP) is 3.28. The molecule has 2 aromatic rings. The number of benzene rings is 1. The van der Waals surface area contributed by atoms with Crippen molar-refractivity contribution in [3.05, 3.63) is 27.3 Å². The molecule has 4 heteroatoms. The maximum Gasteiger partial charge on any atom is 0.108 e. The Bertz CT molecular complexity index is 434. The summed E-state index contributed by atoms with van der Waals surface area (Å²) in [7, 11) is 0. The number of nitrogens with two attached hydrogens (primary N) is 1. The van der Waals surface area contributed by atoms with Crippen LogP contribution < -0.4 is 5.73 Å². The molecule has 0 fully saturated rings. The van der Waals surface area contributed by atoms with Crippen LogP contribution in [0, 0.1) is 0 Å². The molecular formula is C8H6Br2N2. The molecule has 1 aromatic heterocycles. The first-order chi connectivity index (χ1) is 5.68. The Kier molecular flexibility index (Phi) is 1.88. The Labute approximate surface area is 86.4 Å². The smallest absolute Gasteiger partial charge is 0.108 e. The molecule has 0 saturated heterocycles. The van der Waals surface area contributed by atoms with Crippen LogP contribution in [-0.4, -0.2) is 4.98 Å². The molecule has 0 radical (unpaired) electrons. The van der Waals surface area contributed by atoms with Crippen LogP contribution >= 0.6 is 31.9 Å². The van der Waals surface area contributed by atoms with E-state index >= 15 is 0 Å². The third kappa shape index (κ3) is 1.15. The zero-order valence-electron chi connectivity index (χ0n) is 6.07. The first-order valence-electron chi connectivity index (χ1n) is 3.40. The molecule has 0 atom stereocenters. The average molecular weight is 290 g/mol. The van der Waals surface area contributed by atoms with Gasteiger partial charge in [0.15, 0.2) is 0 Å². The molecule has 1 aromatic carbocycles. The fourth-order valence-corrected chi connectivity index (χ4v) is 1.85. The van der Waals surface area contributed by atoms with E-state index in [2.05, 4.69) is 36.8 Å². The van der Waals surface area contributed by atoms with Crippen LogP contribution in [-0.2, 0) is 0 Å². The van der Waals surface area contributed by atoms with Gasteiger partial charge in [0.05, 0.1) is 0 Å². The summed E-state index contributed by atoms with van der Waals surface area (Å²) in [6.07, 6.45) is 1.89. The van der Waals surface area contributed by atoms with E-state index in [1.807, 2.05) is 18.3 Å². The number of hydrogen-bond acceptors (Lipinski definition) is 1. The van der Waals surface area contributed by atoms with Crippen molar-refractivity contribution in [2.45, 2.75) is 0 Å². The molecule has 0 spiro atoms. The second-order valence-corrected chi connectivity index (χ2v) is 4.26. The highest BCUT2D eigenvalue weighted by Crippen LogP contribution is 2.30. The lowest BCUT2D eigenvalue weighted by Crippen LogP contribution is -1.83. The van der Waals surface area contributed by atoms with E-state index in [0.717, 1.165) is 19.7 Å². The van der Waals surface area contributed by atoms with Gasteiger partial charge in [-0.2, -0.15) is 0 Å². The largest absolute Gasteiger partial charge is 0.385 e. The number of aromatic amines is 1. The molecule has 62 valence electrons. The lowest BCUT2D eigenvalue weighted by Gasteiger charge is -1.96. The van der Waals surface area contributed by atoms with Gasteiger partial charge in [0.2, 0.25) is 0 Å². The normalized spacial score (nSPS) is 10.8. The summed E-state index contributed by atoms with van der Waals surface area (Å²) in [5.41, 5.74) is 5.70. The van der Waals surface area contributed by atoms with Crippen LogP contribution in [0.25, 0.3) is 10.8 Å². The number of aromatic nitrogens is 1. The van der Waals surface area contributed by atoms with Crippen molar-refractivity contribution in [3.8, 4) is 0 Å².